The van der Waals surface area contributed by atoms with Gasteiger partial charge in [-0.3, -0.25) is 9.59 Å². The number of benzene rings is 2. The third-order valence-electron chi connectivity index (χ3n) is 3.56. The summed E-state index contributed by atoms with van der Waals surface area (Å²) in [6.45, 7) is 2.02. The Morgan fingerprint density at radius 2 is 1.91 bits per heavy atom. The summed E-state index contributed by atoms with van der Waals surface area (Å²) in [7, 11) is 1.74. The molecule has 0 unspecified atom stereocenters. The highest BCUT2D eigenvalue weighted by molar-refractivity contribution is 7.16. The minimum absolute atomic E-state index is 0.0113. The summed E-state index contributed by atoms with van der Waals surface area (Å²) in [5.41, 5.74) is 3.70. The molecule has 0 saturated carbocycles. The molecule has 3 rings (SSSR count). The molecule has 0 spiro atoms. The number of carbonyl (C=O) groups is 1. The number of aryl methyl sites for hydroxylation is 2. The van der Waals surface area contributed by atoms with Gasteiger partial charge in [-0.1, -0.05) is 41.2 Å². The second kappa shape index (κ2) is 6.22. The zero-order chi connectivity index (χ0) is 16.4. The summed E-state index contributed by atoms with van der Waals surface area (Å²) in [6.07, 6.45) is 3.27. The highest BCUT2D eigenvalue weighted by atomic mass is 32.1. The van der Waals surface area contributed by atoms with E-state index in [0.717, 1.165) is 15.8 Å². The van der Waals surface area contributed by atoms with Crippen molar-refractivity contribution in [3.05, 3.63) is 69.3 Å². The van der Waals surface area contributed by atoms with Crippen molar-refractivity contribution in [3.63, 3.8) is 0 Å². The number of nitrogens with zero attached hydrogens (tertiary/aromatic N) is 1. The Balaban J connectivity index is 1.74. The van der Waals surface area contributed by atoms with Gasteiger partial charge in [-0.05, 0) is 36.8 Å². The molecular weight excluding hydrogens is 308 g/mol. The molecule has 3 aromatic rings. The molecule has 2 aromatic carbocycles. The van der Waals surface area contributed by atoms with Crippen molar-refractivity contribution in [1.82, 2.24) is 4.57 Å². The minimum Gasteiger partial charge on any atom is -0.322 e. The summed E-state index contributed by atoms with van der Waals surface area (Å²) in [4.78, 5) is 23.6. The number of fused-ring (bicyclic) bond motifs is 1. The zero-order valence-corrected chi connectivity index (χ0v) is 13.7. The van der Waals surface area contributed by atoms with Crippen LogP contribution in [0.25, 0.3) is 16.3 Å². The van der Waals surface area contributed by atoms with Crippen LogP contribution in [0.1, 0.15) is 11.1 Å². The molecule has 116 valence electrons. The number of thiazole rings is 1. The molecule has 0 fully saturated rings. The lowest BCUT2D eigenvalue weighted by Crippen LogP contribution is -2.08. The molecule has 0 atom stereocenters. The van der Waals surface area contributed by atoms with Gasteiger partial charge in [-0.25, -0.2) is 0 Å². The van der Waals surface area contributed by atoms with Crippen LogP contribution in [0.15, 0.2) is 53.3 Å². The van der Waals surface area contributed by atoms with Crippen molar-refractivity contribution in [2.45, 2.75) is 6.92 Å². The maximum atomic E-state index is 12.0. The lowest BCUT2D eigenvalue weighted by Gasteiger charge is -2.02. The van der Waals surface area contributed by atoms with Gasteiger partial charge in [-0.15, -0.1) is 0 Å². The van der Waals surface area contributed by atoms with Crippen molar-refractivity contribution in [2.24, 2.45) is 7.05 Å². The first kappa shape index (κ1) is 15.2. The third kappa shape index (κ3) is 3.40. The van der Waals surface area contributed by atoms with Crippen LogP contribution in [0, 0.1) is 6.92 Å². The van der Waals surface area contributed by atoms with Crippen LogP contribution in [0.5, 0.6) is 0 Å². The van der Waals surface area contributed by atoms with Gasteiger partial charge in [0.1, 0.15) is 0 Å². The van der Waals surface area contributed by atoms with Crippen LogP contribution in [-0.2, 0) is 11.8 Å². The SMILES string of the molecule is Cc1ccc(/C=C/C(=O)Nc2ccc3c(c2)sc(=O)n3C)cc1. The Labute approximate surface area is 137 Å². The highest BCUT2D eigenvalue weighted by Crippen LogP contribution is 2.21. The topological polar surface area (TPSA) is 51.1 Å². The van der Waals surface area contributed by atoms with E-state index in [4.69, 9.17) is 0 Å². The third-order valence-corrected chi connectivity index (χ3v) is 4.56. The number of aromatic nitrogens is 1. The van der Waals surface area contributed by atoms with Gasteiger partial charge in [-0.2, -0.15) is 0 Å². The smallest absolute Gasteiger partial charge is 0.307 e. The Morgan fingerprint density at radius 1 is 1.17 bits per heavy atom. The maximum absolute atomic E-state index is 12.0. The summed E-state index contributed by atoms with van der Waals surface area (Å²) in [5, 5.41) is 2.81. The van der Waals surface area contributed by atoms with Crippen LogP contribution >= 0.6 is 11.3 Å². The largest absolute Gasteiger partial charge is 0.322 e. The normalized spacial score (nSPS) is 11.2. The highest BCUT2D eigenvalue weighted by Gasteiger charge is 2.05. The Kier molecular flexibility index (Phi) is 4.12. The molecular formula is C18H16N2O2S. The molecule has 0 radical (unpaired) electrons. The molecule has 1 heterocycles. The molecule has 23 heavy (non-hydrogen) atoms. The number of rotatable bonds is 3. The van der Waals surface area contributed by atoms with E-state index in [0.29, 0.717) is 5.69 Å². The lowest BCUT2D eigenvalue weighted by atomic mass is 10.1. The van der Waals surface area contributed by atoms with Crippen LogP contribution in [-0.4, -0.2) is 10.5 Å². The standard InChI is InChI=1S/C18H16N2O2S/c1-12-3-5-13(6-4-12)7-10-17(21)19-14-8-9-15-16(11-14)23-18(22)20(15)2/h3-11H,1-2H3,(H,19,21)/b10-7+. The average Bonchev–Trinajstić information content (AvgIpc) is 2.81. The first-order chi connectivity index (χ1) is 11.0. The molecule has 4 nitrogen and oxygen atoms in total. The van der Waals surface area contributed by atoms with E-state index in [-0.39, 0.29) is 10.8 Å². The number of carbonyl (C=O) groups excluding carboxylic acids is 1. The molecule has 0 aliphatic rings. The number of nitrogens with one attached hydrogen (secondary N) is 1. The Morgan fingerprint density at radius 3 is 2.65 bits per heavy atom. The second-order valence-electron chi connectivity index (χ2n) is 5.34. The fourth-order valence-corrected chi connectivity index (χ4v) is 3.16. The van der Waals surface area contributed by atoms with Crippen molar-refractivity contribution in [3.8, 4) is 0 Å². The minimum atomic E-state index is -0.201. The van der Waals surface area contributed by atoms with E-state index in [9.17, 15) is 9.59 Å². The summed E-state index contributed by atoms with van der Waals surface area (Å²) in [5.74, 6) is -0.201. The molecule has 0 bridgehead atoms. The van der Waals surface area contributed by atoms with E-state index >= 15 is 0 Å². The molecule has 0 saturated heterocycles. The van der Waals surface area contributed by atoms with Gasteiger partial charge in [0.05, 0.1) is 10.2 Å². The van der Waals surface area contributed by atoms with Crippen molar-refractivity contribution >= 4 is 39.2 Å². The summed E-state index contributed by atoms with van der Waals surface area (Å²) >= 11 is 1.17. The predicted octanol–water partition coefficient (Wildman–Crippen LogP) is 3.56. The zero-order valence-electron chi connectivity index (χ0n) is 12.9. The average molecular weight is 324 g/mol. The fourth-order valence-electron chi connectivity index (χ4n) is 2.25. The van der Waals surface area contributed by atoms with Crippen LogP contribution < -0.4 is 10.2 Å². The predicted molar refractivity (Wildman–Crippen MR) is 95.9 cm³/mol. The van der Waals surface area contributed by atoms with Crippen molar-refractivity contribution in [1.29, 1.82) is 0 Å². The van der Waals surface area contributed by atoms with Crippen molar-refractivity contribution < 1.29 is 4.79 Å². The van der Waals surface area contributed by atoms with Crippen LogP contribution in [0.2, 0.25) is 0 Å². The van der Waals surface area contributed by atoms with Gasteiger partial charge in [0.2, 0.25) is 5.91 Å². The van der Waals surface area contributed by atoms with E-state index in [1.54, 1.807) is 23.8 Å². The number of hydrogen-bond acceptors (Lipinski definition) is 3. The first-order valence-corrected chi connectivity index (χ1v) is 8.00. The second-order valence-corrected chi connectivity index (χ2v) is 6.34. The lowest BCUT2D eigenvalue weighted by molar-refractivity contribution is -0.111. The van der Waals surface area contributed by atoms with E-state index in [1.807, 2.05) is 43.3 Å². The van der Waals surface area contributed by atoms with Gasteiger partial charge < -0.3 is 9.88 Å². The molecule has 1 aromatic heterocycles. The fraction of sp³-hybridized carbons (Fsp3) is 0.111. The molecule has 5 heteroatoms. The van der Waals surface area contributed by atoms with Gasteiger partial charge >= 0.3 is 4.87 Å². The first-order valence-electron chi connectivity index (χ1n) is 7.18. The summed E-state index contributed by atoms with van der Waals surface area (Å²) in [6, 6.07) is 13.4. The maximum Gasteiger partial charge on any atom is 0.307 e. The number of hydrogen-bond donors (Lipinski definition) is 1. The van der Waals surface area contributed by atoms with E-state index < -0.39 is 0 Å². The van der Waals surface area contributed by atoms with Crippen molar-refractivity contribution in [2.75, 3.05) is 5.32 Å². The quantitative estimate of drug-likeness (QED) is 0.749. The van der Waals surface area contributed by atoms with Gasteiger partial charge in [0.15, 0.2) is 0 Å². The molecule has 1 amide bonds. The van der Waals surface area contributed by atoms with Crippen LogP contribution in [0.3, 0.4) is 0 Å². The summed E-state index contributed by atoms with van der Waals surface area (Å²) < 4.78 is 2.46. The van der Waals surface area contributed by atoms with Gasteiger partial charge in [0, 0.05) is 18.8 Å². The van der Waals surface area contributed by atoms with E-state index in [1.165, 1.54) is 23.0 Å². The van der Waals surface area contributed by atoms with E-state index in [2.05, 4.69) is 5.32 Å². The van der Waals surface area contributed by atoms with Crippen LogP contribution in [0.4, 0.5) is 5.69 Å². The number of anilines is 1. The molecule has 1 N–H and O–H groups in total. The monoisotopic (exact) mass is 324 g/mol. The molecule has 0 aliphatic carbocycles. The molecule has 0 aliphatic heterocycles. The Bertz CT molecular complexity index is 949. The Hall–Kier alpha value is -2.66. The number of amides is 1. The van der Waals surface area contributed by atoms with Gasteiger partial charge in [0.25, 0.3) is 0 Å².